The zero-order valence-corrected chi connectivity index (χ0v) is 9.78. The van der Waals surface area contributed by atoms with E-state index in [0.29, 0.717) is 6.07 Å². The number of esters is 1. The summed E-state index contributed by atoms with van der Waals surface area (Å²) in [5.41, 5.74) is -2.50. The normalized spacial score (nSPS) is 10.5. The lowest BCUT2D eigenvalue weighted by molar-refractivity contribution is -0.385. The highest BCUT2D eigenvalue weighted by molar-refractivity contribution is 6.33. The van der Waals surface area contributed by atoms with E-state index in [2.05, 4.69) is 9.72 Å². The second kappa shape index (κ2) is 5.67. The Bertz CT molecular complexity index is 496. The first-order valence-corrected chi connectivity index (χ1v) is 5.06. The third-order valence-electron chi connectivity index (χ3n) is 1.84. The Labute approximate surface area is 105 Å². The van der Waals surface area contributed by atoms with E-state index >= 15 is 0 Å². The summed E-state index contributed by atoms with van der Waals surface area (Å²) in [5, 5.41) is 10.1. The molecule has 0 bridgehead atoms. The molecule has 18 heavy (non-hydrogen) atoms. The van der Waals surface area contributed by atoms with Crippen LogP contribution in [0.1, 0.15) is 29.5 Å². The van der Waals surface area contributed by atoms with Gasteiger partial charge in [0.1, 0.15) is 10.7 Å². The molecule has 0 aliphatic rings. The summed E-state index contributed by atoms with van der Waals surface area (Å²) in [5.74, 6) is -1.17. The number of carbonyl (C=O) groups excluding carboxylic acids is 1. The van der Waals surface area contributed by atoms with Crippen LogP contribution >= 0.6 is 11.6 Å². The molecule has 1 aromatic rings. The SMILES string of the molecule is CCOC(=O)c1nc(C(F)F)cc(Cl)c1[N+](=O)[O-]. The topological polar surface area (TPSA) is 82.3 Å². The number of pyridine rings is 1. The predicted octanol–water partition coefficient (Wildman–Crippen LogP) is 2.76. The number of rotatable bonds is 4. The molecule has 0 N–H and O–H groups in total. The molecule has 1 aromatic heterocycles. The van der Waals surface area contributed by atoms with E-state index in [0.717, 1.165) is 0 Å². The smallest absolute Gasteiger partial charge is 0.364 e. The van der Waals surface area contributed by atoms with Gasteiger partial charge in [-0.1, -0.05) is 11.6 Å². The van der Waals surface area contributed by atoms with Crippen molar-refractivity contribution in [3.63, 3.8) is 0 Å². The summed E-state index contributed by atoms with van der Waals surface area (Å²) < 4.78 is 29.4. The van der Waals surface area contributed by atoms with E-state index in [1.807, 2.05) is 0 Å². The Morgan fingerprint density at radius 1 is 1.67 bits per heavy atom. The number of carbonyl (C=O) groups is 1. The van der Waals surface area contributed by atoms with Gasteiger partial charge in [0, 0.05) is 0 Å². The lowest BCUT2D eigenvalue weighted by atomic mass is 10.2. The van der Waals surface area contributed by atoms with E-state index in [9.17, 15) is 23.7 Å². The fraction of sp³-hybridized carbons (Fsp3) is 0.333. The molecule has 0 aliphatic carbocycles. The molecule has 0 saturated carbocycles. The van der Waals surface area contributed by atoms with Gasteiger partial charge in [0.05, 0.1) is 11.5 Å². The highest BCUT2D eigenvalue weighted by Gasteiger charge is 2.29. The van der Waals surface area contributed by atoms with Gasteiger partial charge >= 0.3 is 11.7 Å². The van der Waals surface area contributed by atoms with Gasteiger partial charge in [0.25, 0.3) is 6.43 Å². The van der Waals surface area contributed by atoms with Gasteiger partial charge < -0.3 is 4.74 Å². The van der Waals surface area contributed by atoms with Crippen LogP contribution in [0.2, 0.25) is 5.02 Å². The molecule has 0 fully saturated rings. The maximum absolute atomic E-state index is 12.5. The van der Waals surface area contributed by atoms with Gasteiger partial charge in [-0.15, -0.1) is 0 Å². The molecule has 0 aromatic carbocycles. The largest absolute Gasteiger partial charge is 0.461 e. The molecule has 0 spiro atoms. The summed E-state index contributed by atoms with van der Waals surface area (Å²) in [6.45, 7) is 1.39. The molecule has 0 radical (unpaired) electrons. The van der Waals surface area contributed by atoms with Crippen LogP contribution in [0.3, 0.4) is 0 Å². The van der Waals surface area contributed by atoms with Crippen molar-refractivity contribution < 1.29 is 23.2 Å². The Morgan fingerprint density at radius 3 is 2.72 bits per heavy atom. The molecule has 1 heterocycles. The number of alkyl halides is 2. The number of nitro groups is 1. The Kier molecular flexibility index (Phi) is 4.49. The third kappa shape index (κ3) is 2.89. The van der Waals surface area contributed by atoms with Crippen molar-refractivity contribution in [2.45, 2.75) is 13.3 Å². The predicted molar refractivity (Wildman–Crippen MR) is 56.8 cm³/mol. The first-order chi connectivity index (χ1) is 8.38. The first kappa shape index (κ1) is 14.2. The summed E-state index contributed by atoms with van der Waals surface area (Å²) in [6.07, 6.45) is -3.00. The second-order valence-electron chi connectivity index (χ2n) is 3.00. The molecule has 98 valence electrons. The lowest BCUT2D eigenvalue weighted by Gasteiger charge is -2.06. The van der Waals surface area contributed by atoms with E-state index in [1.54, 1.807) is 0 Å². The fourth-order valence-corrected chi connectivity index (χ4v) is 1.42. The maximum atomic E-state index is 12.5. The van der Waals surface area contributed by atoms with Crippen LogP contribution in [0.4, 0.5) is 14.5 Å². The van der Waals surface area contributed by atoms with Crippen molar-refractivity contribution in [3.8, 4) is 0 Å². The summed E-state index contributed by atoms with van der Waals surface area (Å²) in [6, 6.07) is 0.646. The summed E-state index contributed by atoms with van der Waals surface area (Å²) in [4.78, 5) is 24.4. The van der Waals surface area contributed by atoms with Crippen LogP contribution in [-0.4, -0.2) is 22.5 Å². The van der Waals surface area contributed by atoms with Crippen LogP contribution < -0.4 is 0 Å². The zero-order valence-electron chi connectivity index (χ0n) is 9.02. The van der Waals surface area contributed by atoms with E-state index < -0.39 is 39.4 Å². The van der Waals surface area contributed by atoms with E-state index in [1.165, 1.54) is 6.92 Å². The van der Waals surface area contributed by atoms with E-state index in [-0.39, 0.29) is 6.61 Å². The van der Waals surface area contributed by atoms with Gasteiger partial charge in [-0.25, -0.2) is 18.6 Å². The Morgan fingerprint density at radius 2 is 2.28 bits per heavy atom. The molecule has 6 nitrogen and oxygen atoms in total. The first-order valence-electron chi connectivity index (χ1n) is 4.68. The van der Waals surface area contributed by atoms with Crippen LogP contribution in [0.15, 0.2) is 6.07 Å². The zero-order chi connectivity index (χ0) is 13.9. The molecular formula is C9H7ClF2N2O4. The maximum Gasteiger partial charge on any atom is 0.364 e. The molecule has 0 amide bonds. The van der Waals surface area contributed by atoms with Crippen molar-refractivity contribution in [2.24, 2.45) is 0 Å². The van der Waals surface area contributed by atoms with Gasteiger partial charge in [-0.2, -0.15) is 0 Å². The molecule has 1 rings (SSSR count). The molecule has 9 heteroatoms. The van der Waals surface area contributed by atoms with Crippen LogP contribution in [0.5, 0.6) is 0 Å². The molecule has 0 atom stereocenters. The monoisotopic (exact) mass is 280 g/mol. The number of hydrogen-bond donors (Lipinski definition) is 0. The summed E-state index contributed by atoms with van der Waals surface area (Å²) in [7, 11) is 0. The minimum absolute atomic E-state index is 0.0752. The Hall–Kier alpha value is -1.83. The van der Waals surface area contributed by atoms with Crippen molar-refractivity contribution >= 4 is 23.3 Å². The van der Waals surface area contributed by atoms with Crippen molar-refractivity contribution in [1.82, 2.24) is 4.98 Å². The van der Waals surface area contributed by atoms with Crippen molar-refractivity contribution in [3.05, 3.63) is 32.6 Å². The molecule has 0 aliphatic heterocycles. The Balaban J connectivity index is 3.42. The van der Waals surface area contributed by atoms with Crippen LogP contribution in [0, 0.1) is 10.1 Å². The number of ether oxygens (including phenoxy) is 1. The summed E-state index contributed by atoms with van der Waals surface area (Å²) >= 11 is 5.50. The van der Waals surface area contributed by atoms with Gasteiger partial charge in [-0.05, 0) is 13.0 Å². The third-order valence-corrected chi connectivity index (χ3v) is 2.13. The molecule has 0 saturated heterocycles. The fourth-order valence-electron chi connectivity index (χ4n) is 1.15. The lowest BCUT2D eigenvalue weighted by Crippen LogP contribution is -2.12. The van der Waals surface area contributed by atoms with E-state index in [4.69, 9.17) is 11.6 Å². The van der Waals surface area contributed by atoms with Gasteiger partial charge in [-0.3, -0.25) is 10.1 Å². The van der Waals surface area contributed by atoms with Crippen LogP contribution in [-0.2, 0) is 4.74 Å². The van der Waals surface area contributed by atoms with Crippen molar-refractivity contribution in [2.75, 3.05) is 6.61 Å². The highest BCUT2D eigenvalue weighted by Crippen LogP contribution is 2.31. The minimum Gasteiger partial charge on any atom is -0.461 e. The highest BCUT2D eigenvalue weighted by atomic mass is 35.5. The number of hydrogen-bond acceptors (Lipinski definition) is 5. The van der Waals surface area contributed by atoms with Gasteiger partial charge in [0.2, 0.25) is 5.69 Å². The second-order valence-corrected chi connectivity index (χ2v) is 3.41. The average Bonchev–Trinajstić information content (AvgIpc) is 2.27. The number of nitrogens with zero attached hydrogens (tertiary/aromatic N) is 2. The number of halogens is 3. The standard InChI is InChI=1S/C9H7ClF2N2O4/c1-2-18-9(15)6-7(14(16)17)4(10)3-5(13-6)8(11)12/h3,8H,2H2,1H3. The number of aromatic nitrogens is 1. The quantitative estimate of drug-likeness (QED) is 0.481. The molecular weight excluding hydrogens is 274 g/mol. The van der Waals surface area contributed by atoms with Crippen LogP contribution in [0.25, 0.3) is 0 Å². The minimum atomic E-state index is -3.00. The van der Waals surface area contributed by atoms with Crippen molar-refractivity contribution in [1.29, 1.82) is 0 Å². The van der Waals surface area contributed by atoms with Gasteiger partial charge in [0.15, 0.2) is 0 Å². The average molecular weight is 281 g/mol. The molecule has 0 unspecified atom stereocenters.